The van der Waals surface area contributed by atoms with Gasteiger partial charge in [0.2, 0.25) is 0 Å². The Morgan fingerprint density at radius 2 is 1.89 bits per heavy atom. The Morgan fingerprint density at radius 3 is 2.78 bits per heavy atom. The van der Waals surface area contributed by atoms with Gasteiger partial charge in [-0.2, -0.15) is 0 Å². The summed E-state index contributed by atoms with van der Waals surface area (Å²) in [7, 11) is 0. The van der Waals surface area contributed by atoms with Crippen LogP contribution in [0.4, 0.5) is 0 Å². The molecule has 0 radical (unpaired) electrons. The van der Waals surface area contributed by atoms with Gasteiger partial charge < -0.3 is 10.3 Å². The predicted octanol–water partition coefficient (Wildman–Crippen LogP) is 3.26. The molecule has 0 fully saturated rings. The Labute approximate surface area is 109 Å². The van der Waals surface area contributed by atoms with Crippen molar-refractivity contribution in [2.24, 2.45) is 5.73 Å². The summed E-state index contributed by atoms with van der Waals surface area (Å²) in [6.07, 6.45) is 7.63. The monoisotopic (exact) mass is 242 g/mol. The molecule has 3 rings (SSSR count). The topological polar surface area (TPSA) is 30.9 Å². The van der Waals surface area contributed by atoms with E-state index in [4.69, 9.17) is 5.73 Å². The summed E-state index contributed by atoms with van der Waals surface area (Å²) in [4.78, 5) is 0. The van der Waals surface area contributed by atoms with Gasteiger partial charge in [0.05, 0.1) is 0 Å². The number of aryl methyl sites for hydroxylation is 2. The van der Waals surface area contributed by atoms with Gasteiger partial charge in [0.15, 0.2) is 0 Å². The molecule has 0 saturated carbocycles. The lowest BCUT2D eigenvalue weighted by atomic mass is 10.1. The Morgan fingerprint density at radius 1 is 1.06 bits per heavy atom. The van der Waals surface area contributed by atoms with Crippen molar-refractivity contribution in [2.75, 3.05) is 6.54 Å². The van der Waals surface area contributed by atoms with Crippen molar-refractivity contribution in [3.8, 4) is 0 Å². The molecule has 0 unspecified atom stereocenters. The summed E-state index contributed by atoms with van der Waals surface area (Å²) in [6, 6.07) is 8.88. The number of hydrogen-bond donors (Lipinski definition) is 1. The highest BCUT2D eigenvalue weighted by atomic mass is 15.0. The average molecular weight is 242 g/mol. The molecule has 2 nitrogen and oxygen atoms in total. The first-order valence-corrected chi connectivity index (χ1v) is 7.21. The second-order valence-electron chi connectivity index (χ2n) is 5.30. The van der Waals surface area contributed by atoms with Crippen molar-refractivity contribution in [3.05, 3.63) is 35.5 Å². The van der Waals surface area contributed by atoms with E-state index in [9.17, 15) is 0 Å². The van der Waals surface area contributed by atoms with Gasteiger partial charge in [0.1, 0.15) is 0 Å². The van der Waals surface area contributed by atoms with E-state index in [2.05, 4.69) is 28.8 Å². The minimum atomic E-state index is 0.779. The summed E-state index contributed by atoms with van der Waals surface area (Å²) in [5.41, 5.74) is 10.3. The lowest BCUT2D eigenvalue weighted by Gasteiger charge is -2.10. The van der Waals surface area contributed by atoms with Crippen LogP contribution in [0.1, 0.15) is 36.9 Å². The fraction of sp³-hybridized carbons (Fsp3) is 0.500. The Hall–Kier alpha value is -1.28. The highest BCUT2D eigenvalue weighted by Crippen LogP contribution is 2.31. The van der Waals surface area contributed by atoms with E-state index in [1.165, 1.54) is 43.0 Å². The first-order chi connectivity index (χ1) is 8.92. The van der Waals surface area contributed by atoms with E-state index in [0.717, 1.165) is 19.5 Å². The van der Waals surface area contributed by atoms with E-state index in [0.29, 0.717) is 0 Å². The highest BCUT2D eigenvalue weighted by Gasteiger charge is 2.17. The Balaban J connectivity index is 2.15. The molecule has 1 aliphatic carbocycles. The number of nitrogens with zero attached hydrogens (tertiary/aromatic N) is 1. The normalized spacial score (nSPS) is 15.6. The van der Waals surface area contributed by atoms with Gasteiger partial charge in [-0.3, -0.25) is 0 Å². The molecule has 2 N–H and O–H groups in total. The van der Waals surface area contributed by atoms with Crippen LogP contribution < -0.4 is 5.73 Å². The van der Waals surface area contributed by atoms with Crippen LogP contribution in [0.3, 0.4) is 0 Å². The van der Waals surface area contributed by atoms with Crippen LogP contribution in [0.25, 0.3) is 10.9 Å². The third-order valence-corrected chi connectivity index (χ3v) is 4.12. The van der Waals surface area contributed by atoms with Crippen LogP contribution in [-0.2, 0) is 19.4 Å². The molecular weight excluding hydrogens is 220 g/mol. The minimum Gasteiger partial charge on any atom is -0.344 e. The molecule has 0 atom stereocenters. The number of fused-ring (bicyclic) bond motifs is 3. The molecule has 1 aromatic carbocycles. The fourth-order valence-corrected chi connectivity index (χ4v) is 3.27. The molecule has 96 valence electrons. The standard InChI is InChI=1S/C16H22N2/c17-11-6-12-18-15-9-3-1-2-7-13(15)14-8-4-5-10-16(14)18/h4-5,8,10H,1-3,6-7,9,11-12,17H2. The van der Waals surface area contributed by atoms with Gasteiger partial charge >= 0.3 is 0 Å². The zero-order valence-corrected chi connectivity index (χ0v) is 11.0. The molecule has 0 amide bonds. The van der Waals surface area contributed by atoms with Crippen molar-refractivity contribution in [3.63, 3.8) is 0 Å². The van der Waals surface area contributed by atoms with Gasteiger partial charge in [-0.1, -0.05) is 24.6 Å². The summed E-state index contributed by atoms with van der Waals surface area (Å²) in [5, 5.41) is 1.48. The van der Waals surface area contributed by atoms with Crippen molar-refractivity contribution in [1.29, 1.82) is 0 Å². The van der Waals surface area contributed by atoms with Crippen LogP contribution in [-0.4, -0.2) is 11.1 Å². The highest BCUT2D eigenvalue weighted by molar-refractivity contribution is 5.85. The number of aromatic nitrogens is 1. The SMILES string of the molecule is NCCCn1c2c(c3ccccc31)CCCCC2. The third-order valence-electron chi connectivity index (χ3n) is 4.12. The molecule has 0 saturated heterocycles. The zero-order valence-electron chi connectivity index (χ0n) is 11.0. The largest absolute Gasteiger partial charge is 0.344 e. The molecule has 0 aliphatic heterocycles. The van der Waals surface area contributed by atoms with Gasteiger partial charge in [-0.15, -0.1) is 0 Å². The fourth-order valence-electron chi connectivity index (χ4n) is 3.27. The first-order valence-electron chi connectivity index (χ1n) is 7.21. The van der Waals surface area contributed by atoms with Crippen molar-refractivity contribution >= 4 is 10.9 Å². The average Bonchev–Trinajstić information content (AvgIpc) is 2.56. The molecule has 1 heterocycles. The van der Waals surface area contributed by atoms with Crippen molar-refractivity contribution in [2.45, 2.75) is 45.1 Å². The lowest BCUT2D eigenvalue weighted by Crippen LogP contribution is -2.08. The molecular formula is C16H22N2. The second kappa shape index (κ2) is 5.15. The molecule has 1 aromatic heterocycles. The number of hydrogen-bond acceptors (Lipinski definition) is 1. The summed E-state index contributed by atoms with van der Waals surface area (Å²) in [5.74, 6) is 0. The zero-order chi connectivity index (χ0) is 12.4. The Kier molecular flexibility index (Phi) is 3.37. The molecule has 0 spiro atoms. The molecule has 0 bridgehead atoms. The quantitative estimate of drug-likeness (QED) is 0.823. The van der Waals surface area contributed by atoms with Crippen LogP contribution in [0.5, 0.6) is 0 Å². The maximum Gasteiger partial charge on any atom is 0.0485 e. The third kappa shape index (κ3) is 1.95. The van der Waals surface area contributed by atoms with E-state index < -0.39 is 0 Å². The van der Waals surface area contributed by atoms with Gasteiger partial charge in [-0.05, 0) is 50.3 Å². The Bertz CT molecular complexity index is 539. The van der Waals surface area contributed by atoms with Gasteiger partial charge in [0.25, 0.3) is 0 Å². The molecule has 18 heavy (non-hydrogen) atoms. The van der Waals surface area contributed by atoms with E-state index >= 15 is 0 Å². The smallest absolute Gasteiger partial charge is 0.0485 e. The summed E-state index contributed by atoms with van der Waals surface area (Å²) in [6.45, 7) is 1.85. The van der Waals surface area contributed by atoms with E-state index in [1.807, 2.05) is 0 Å². The summed E-state index contributed by atoms with van der Waals surface area (Å²) < 4.78 is 2.53. The number of para-hydroxylation sites is 1. The number of benzene rings is 1. The van der Waals surface area contributed by atoms with E-state index in [1.54, 1.807) is 11.3 Å². The maximum absolute atomic E-state index is 5.68. The maximum atomic E-state index is 5.68. The van der Waals surface area contributed by atoms with Crippen molar-refractivity contribution < 1.29 is 0 Å². The molecule has 1 aliphatic rings. The van der Waals surface area contributed by atoms with Crippen LogP contribution in [0, 0.1) is 0 Å². The number of nitrogens with two attached hydrogens (primary N) is 1. The van der Waals surface area contributed by atoms with Crippen LogP contribution in [0.15, 0.2) is 24.3 Å². The second-order valence-corrected chi connectivity index (χ2v) is 5.30. The molecule has 2 heteroatoms. The lowest BCUT2D eigenvalue weighted by molar-refractivity contribution is 0.629. The van der Waals surface area contributed by atoms with Gasteiger partial charge in [0, 0.05) is 23.1 Å². The predicted molar refractivity (Wildman–Crippen MR) is 76.9 cm³/mol. The number of rotatable bonds is 3. The van der Waals surface area contributed by atoms with Crippen molar-refractivity contribution in [1.82, 2.24) is 4.57 Å². The van der Waals surface area contributed by atoms with Crippen LogP contribution in [0.2, 0.25) is 0 Å². The van der Waals surface area contributed by atoms with Gasteiger partial charge in [-0.25, -0.2) is 0 Å². The first kappa shape index (κ1) is 11.8. The van der Waals surface area contributed by atoms with E-state index in [-0.39, 0.29) is 0 Å². The minimum absolute atomic E-state index is 0.779. The molecule has 2 aromatic rings. The summed E-state index contributed by atoms with van der Waals surface area (Å²) >= 11 is 0. The van der Waals surface area contributed by atoms with Crippen LogP contribution >= 0.6 is 0 Å².